The Hall–Kier alpha value is -3.24. The molecule has 1 atom stereocenters. The second-order valence-electron chi connectivity index (χ2n) is 7.49. The number of anilines is 1. The molecular weight excluding hydrogens is 416 g/mol. The molecule has 3 N–H and O–H groups in total. The zero-order valence-corrected chi connectivity index (χ0v) is 18.1. The van der Waals surface area contributed by atoms with Gasteiger partial charge >= 0.3 is 6.03 Å². The molecule has 0 radical (unpaired) electrons. The molecule has 1 aromatic carbocycles. The maximum absolute atomic E-state index is 13.1. The molecule has 0 bridgehead atoms. The minimum absolute atomic E-state index is 0.119. The van der Waals surface area contributed by atoms with E-state index in [1.165, 1.54) is 6.20 Å². The van der Waals surface area contributed by atoms with Gasteiger partial charge in [-0.15, -0.1) is 4.36 Å². The minimum Gasteiger partial charge on any atom is -0.477 e. The monoisotopic (exact) mass is 440 g/mol. The van der Waals surface area contributed by atoms with Crippen LogP contribution in [0.3, 0.4) is 0 Å². The number of fused-ring (bicyclic) bond motifs is 1. The third-order valence-electron chi connectivity index (χ3n) is 4.99. The highest BCUT2D eigenvalue weighted by Crippen LogP contribution is 2.35. The lowest BCUT2D eigenvalue weighted by Crippen LogP contribution is -2.21. The predicted molar refractivity (Wildman–Crippen MR) is 118 cm³/mol. The quantitative estimate of drug-likeness (QED) is 0.639. The third kappa shape index (κ3) is 4.30. The highest BCUT2D eigenvalue weighted by Gasteiger charge is 2.24. The van der Waals surface area contributed by atoms with E-state index in [0.29, 0.717) is 24.7 Å². The van der Waals surface area contributed by atoms with Crippen molar-refractivity contribution in [2.45, 2.75) is 37.6 Å². The Kier molecular flexibility index (Phi) is 5.75. The number of nitrogens with zero attached hydrogens (tertiary/aromatic N) is 4. The highest BCUT2D eigenvalue weighted by molar-refractivity contribution is 7.91. The molecule has 3 aromatic rings. The lowest BCUT2D eigenvalue weighted by atomic mass is 9.94. The van der Waals surface area contributed by atoms with Crippen LogP contribution in [0.5, 0.6) is 5.88 Å². The van der Waals surface area contributed by atoms with Crippen LogP contribution in [-0.4, -0.2) is 31.6 Å². The maximum Gasteiger partial charge on any atom is 0.354 e. The summed E-state index contributed by atoms with van der Waals surface area (Å²) in [5.74, 6) is 0.436. The Labute approximate surface area is 180 Å². The molecule has 3 heterocycles. The zero-order chi connectivity index (χ0) is 22.0. The average Bonchev–Trinajstić information content (AvgIpc) is 3.19. The number of aryl methyl sites for hydroxylation is 1. The van der Waals surface area contributed by atoms with Gasteiger partial charge in [-0.1, -0.05) is 32.0 Å². The van der Waals surface area contributed by atoms with Crippen LogP contribution in [0.4, 0.5) is 10.5 Å². The third-order valence-corrected chi connectivity index (χ3v) is 6.34. The summed E-state index contributed by atoms with van der Waals surface area (Å²) in [6.07, 6.45) is 5.51. The lowest BCUT2D eigenvalue weighted by molar-refractivity contribution is 0.224. The van der Waals surface area contributed by atoms with Crippen LogP contribution in [0.25, 0.3) is 11.1 Å². The number of nitrogens with one attached hydrogen (secondary N) is 1. The van der Waals surface area contributed by atoms with Crippen LogP contribution in [0.15, 0.2) is 58.2 Å². The van der Waals surface area contributed by atoms with Crippen molar-refractivity contribution in [3.63, 3.8) is 0 Å². The van der Waals surface area contributed by atoms with Crippen molar-refractivity contribution < 1.29 is 13.7 Å². The van der Waals surface area contributed by atoms with E-state index in [9.17, 15) is 9.00 Å². The van der Waals surface area contributed by atoms with Gasteiger partial charge in [0.2, 0.25) is 5.88 Å². The fourth-order valence-electron chi connectivity index (χ4n) is 3.51. The first-order valence-electron chi connectivity index (χ1n) is 9.94. The van der Waals surface area contributed by atoms with Crippen molar-refractivity contribution in [3.05, 3.63) is 54.5 Å². The molecule has 0 spiro atoms. The number of carbonyl (C=O) groups is 1. The van der Waals surface area contributed by atoms with Gasteiger partial charge in [0.15, 0.2) is 9.92 Å². The largest absolute Gasteiger partial charge is 0.477 e. The molecule has 31 heavy (non-hydrogen) atoms. The van der Waals surface area contributed by atoms with Crippen LogP contribution >= 0.6 is 0 Å². The van der Waals surface area contributed by atoms with Crippen molar-refractivity contribution in [2.75, 3.05) is 11.9 Å². The number of pyridine rings is 1. The summed E-state index contributed by atoms with van der Waals surface area (Å²) in [5, 5.41) is 12.9. The van der Waals surface area contributed by atoms with Gasteiger partial charge in [-0.2, -0.15) is 5.10 Å². The second-order valence-corrected chi connectivity index (χ2v) is 9.25. The molecule has 10 heteroatoms. The number of aromatic nitrogens is 3. The Balaban J connectivity index is 1.72. The maximum atomic E-state index is 13.1. The molecule has 1 unspecified atom stereocenters. The van der Waals surface area contributed by atoms with Gasteiger partial charge < -0.3 is 10.1 Å². The number of benzene rings is 1. The lowest BCUT2D eigenvalue weighted by Gasteiger charge is -2.18. The van der Waals surface area contributed by atoms with E-state index in [1.807, 2.05) is 44.2 Å². The molecule has 0 saturated carbocycles. The standard InChI is InChI=1S/C21H24N6O3S/c1-14(2)16-5-3-6-17(15-7-9-23-10-8-15)19(16)25-21(28)26-31(22,29)18-13-24-27-11-4-12-30-20(18)27/h3,5-10,13-14H,4,11-12H2,1-2H3,(H3,22,25,26,28,29). The fraction of sp³-hybridized carbons (Fsp3) is 0.286. The predicted octanol–water partition coefficient (Wildman–Crippen LogP) is 3.78. The number of ether oxygens (including phenoxy) is 1. The Morgan fingerprint density at radius 2 is 2.06 bits per heavy atom. The Morgan fingerprint density at radius 1 is 1.29 bits per heavy atom. The number of hydrogen-bond donors (Lipinski definition) is 2. The van der Waals surface area contributed by atoms with Gasteiger partial charge in [-0.25, -0.2) is 18.8 Å². The van der Waals surface area contributed by atoms with E-state index >= 15 is 0 Å². The van der Waals surface area contributed by atoms with Crippen LogP contribution < -0.4 is 15.2 Å². The number of hydrogen-bond acceptors (Lipinski definition) is 5. The molecule has 0 fully saturated rings. The van der Waals surface area contributed by atoms with Crippen LogP contribution in [-0.2, 0) is 16.5 Å². The minimum atomic E-state index is -3.54. The van der Waals surface area contributed by atoms with E-state index in [4.69, 9.17) is 9.88 Å². The molecular formula is C21H24N6O3S. The van der Waals surface area contributed by atoms with Crippen molar-refractivity contribution in [1.82, 2.24) is 14.8 Å². The van der Waals surface area contributed by atoms with Gasteiger partial charge in [-0.3, -0.25) is 4.98 Å². The topological polar surface area (TPSA) is 124 Å². The molecule has 4 rings (SSSR count). The first kappa shape index (κ1) is 21.0. The number of para-hydroxylation sites is 1. The van der Waals surface area contributed by atoms with E-state index in [-0.39, 0.29) is 10.8 Å². The van der Waals surface area contributed by atoms with Gasteiger partial charge in [0, 0.05) is 30.9 Å². The smallest absolute Gasteiger partial charge is 0.354 e. The molecule has 2 amide bonds. The van der Waals surface area contributed by atoms with Crippen molar-refractivity contribution in [3.8, 4) is 17.0 Å². The van der Waals surface area contributed by atoms with E-state index in [0.717, 1.165) is 23.1 Å². The molecule has 1 aliphatic rings. The molecule has 0 aliphatic carbocycles. The summed E-state index contributed by atoms with van der Waals surface area (Å²) < 4.78 is 24.0. The number of carbonyl (C=O) groups excluding carboxylic acids is 1. The summed E-state index contributed by atoms with van der Waals surface area (Å²) >= 11 is 0. The molecule has 9 nitrogen and oxygen atoms in total. The average molecular weight is 441 g/mol. The van der Waals surface area contributed by atoms with Gasteiger partial charge in [0.1, 0.15) is 4.90 Å². The molecule has 0 saturated heterocycles. The number of urea groups is 1. The van der Waals surface area contributed by atoms with E-state index in [2.05, 4.69) is 19.8 Å². The summed E-state index contributed by atoms with van der Waals surface area (Å²) in [6.45, 7) is 5.16. The van der Waals surface area contributed by atoms with Crippen molar-refractivity contribution >= 4 is 21.6 Å². The highest BCUT2D eigenvalue weighted by atomic mass is 32.2. The Bertz CT molecular complexity index is 1230. The van der Waals surface area contributed by atoms with Gasteiger partial charge in [-0.05, 0) is 29.2 Å². The second kappa shape index (κ2) is 8.48. The van der Waals surface area contributed by atoms with Gasteiger partial charge in [0.25, 0.3) is 0 Å². The van der Waals surface area contributed by atoms with Crippen LogP contribution in [0.2, 0.25) is 0 Å². The summed E-state index contributed by atoms with van der Waals surface area (Å²) in [7, 11) is -3.54. The summed E-state index contributed by atoms with van der Waals surface area (Å²) in [5.41, 5.74) is 3.22. The first-order valence-corrected chi connectivity index (χ1v) is 11.5. The van der Waals surface area contributed by atoms with Gasteiger partial charge in [0.05, 0.1) is 18.5 Å². The molecule has 162 valence electrons. The summed E-state index contributed by atoms with van der Waals surface area (Å²) in [4.78, 5) is 17.0. The Morgan fingerprint density at radius 3 is 2.81 bits per heavy atom. The van der Waals surface area contributed by atoms with Crippen LogP contribution in [0, 0.1) is 0 Å². The fourth-order valence-corrected chi connectivity index (χ4v) is 4.51. The number of rotatable bonds is 4. The zero-order valence-electron chi connectivity index (χ0n) is 17.3. The van der Waals surface area contributed by atoms with E-state index < -0.39 is 15.9 Å². The molecule has 2 aromatic heterocycles. The first-order chi connectivity index (χ1) is 14.9. The van der Waals surface area contributed by atoms with E-state index in [1.54, 1.807) is 17.1 Å². The van der Waals surface area contributed by atoms with Crippen molar-refractivity contribution in [1.29, 1.82) is 0 Å². The van der Waals surface area contributed by atoms with Crippen molar-refractivity contribution in [2.24, 2.45) is 9.50 Å². The normalized spacial score (nSPS) is 15.0. The molecule has 1 aliphatic heterocycles. The number of nitrogens with two attached hydrogens (primary N) is 1. The van der Waals surface area contributed by atoms with Crippen LogP contribution in [0.1, 0.15) is 31.7 Å². The number of amides is 2. The summed E-state index contributed by atoms with van der Waals surface area (Å²) in [6, 6.07) is 8.68. The SMILES string of the molecule is CC(C)c1cccc(-c2ccncc2)c1NC(=O)N=S(N)(=O)c1cnn2c1OCCC2.